The first kappa shape index (κ1) is 13.4. The van der Waals surface area contributed by atoms with Gasteiger partial charge in [0, 0.05) is 11.6 Å². The van der Waals surface area contributed by atoms with Gasteiger partial charge in [0.1, 0.15) is 0 Å². The summed E-state index contributed by atoms with van der Waals surface area (Å²) in [7, 11) is 0. The fourth-order valence-electron chi connectivity index (χ4n) is 5.06. The van der Waals surface area contributed by atoms with Crippen molar-refractivity contribution in [1.82, 2.24) is 4.98 Å². The average molecular weight is 324 g/mol. The summed E-state index contributed by atoms with van der Waals surface area (Å²) in [6.07, 6.45) is 3.69. The summed E-state index contributed by atoms with van der Waals surface area (Å²) in [5.74, 6) is 0.754. The number of thiazole rings is 1. The zero-order valence-electron chi connectivity index (χ0n) is 12.5. The topological polar surface area (TPSA) is 50.3 Å². The molecule has 0 radical (unpaired) electrons. The summed E-state index contributed by atoms with van der Waals surface area (Å²) in [4.78, 5) is 31.3. The lowest BCUT2D eigenvalue weighted by atomic mass is 9.73. The van der Waals surface area contributed by atoms with E-state index < -0.39 is 0 Å². The summed E-state index contributed by atoms with van der Waals surface area (Å²) in [5.41, 5.74) is 1.31. The average Bonchev–Trinajstić information content (AvgIpc) is 3.32. The predicted octanol–water partition coefficient (Wildman–Crippen LogP) is 3.07. The second-order valence-electron chi connectivity index (χ2n) is 6.79. The van der Waals surface area contributed by atoms with Gasteiger partial charge >= 0.3 is 0 Å². The normalized spacial score (nSPS) is 35.1. The monoisotopic (exact) mass is 324 g/mol. The molecule has 5 heteroatoms. The van der Waals surface area contributed by atoms with E-state index in [1.807, 2.05) is 11.4 Å². The number of imide groups is 1. The molecule has 2 heterocycles. The molecule has 1 aromatic carbocycles. The van der Waals surface area contributed by atoms with Crippen LogP contribution in [0.5, 0.6) is 0 Å². The third-order valence-electron chi connectivity index (χ3n) is 5.85. The molecule has 0 spiro atoms. The number of aromatic nitrogens is 1. The van der Waals surface area contributed by atoms with Crippen molar-refractivity contribution in [1.29, 1.82) is 0 Å². The van der Waals surface area contributed by atoms with Gasteiger partial charge in [0.05, 0.1) is 11.8 Å². The van der Waals surface area contributed by atoms with Gasteiger partial charge in [-0.2, -0.15) is 0 Å². The standard InChI is InChI=1S/C18H16N2O2S/c21-16-14-11-8-12(10-4-2-1-3-5-10)13(9-11)15(14)17(22)20(16)18-19-6-7-23-18/h1-7,11-15H,8-9H2/t11-,12-,13+,14+,15+/m0/s1. The number of rotatable bonds is 2. The van der Waals surface area contributed by atoms with Crippen LogP contribution in [0.1, 0.15) is 24.3 Å². The van der Waals surface area contributed by atoms with E-state index in [1.165, 1.54) is 21.8 Å². The number of hydrogen-bond acceptors (Lipinski definition) is 4. The number of hydrogen-bond donors (Lipinski definition) is 0. The molecule has 5 atom stereocenters. The molecule has 2 aromatic rings. The van der Waals surface area contributed by atoms with Crippen molar-refractivity contribution in [3.05, 3.63) is 47.5 Å². The van der Waals surface area contributed by atoms with E-state index in [0.29, 0.717) is 22.9 Å². The highest BCUT2D eigenvalue weighted by Crippen LogP contribution is 2.61. The van der Waals surface area contributed by atoms with Crippen LogP contribution in [-0.4, -0.2) is 16.8 Å². The summed E-state index contributed by atoms with van der Waals surface area (Å²) in [6, 6.07) is 10.4. The second kappa shape index (κ2) is 4.74. The summed E-state index contributed by atoms with van der Waals surface area (Å²) in [6.45, 7) is 0. The van der Waals surface area contributed by atoms with Gasteiger partial charge in [-0.15, -0.1) is 11.3 Å². The van der Waals surface area contributed by atoms with Crippen molar-refractivity contribution in [2.24, 2.45) is 23.7 Å². The van der Waals surface area contributed by atoms with Gasteiger partial charge in [-0.3, -0.25) is 9.59 Å². The lowest BCUT2D eigenvalue weighted by Crippen LogP contribution is -2.32. The lowest BCUT2D eigenvalue weighted by molar-refractivity contribution is -0.123. The van der Waals surface area contributed by atoms with Gasteiger partial charge in [-0.25, -0.2) is 9.88 Å². The molecule has 0 unspecified atom stereocenters. The minimum atomic E-state index is -0.143. The van der Waals surface area contributed by atoms with Crippen LogP contribution in [0, 0.1) is 23.7 Å². The van der Waals surface area contributed by atoms with Crippen LogP contribution in [-0.2, 0) is 9.59 Å². The molecule has 3 fully saturated rings. The van der Waals surface area contributed by atoms with Gasteiger partial charge in [-0.05, 0) is 36.2 Å². The van der Waals surface area contributed by atoms with Crippen LogP contribution in [0.3, 0.4) is 0 Å². The zero-order valence-corrected chi connectivity index (χ0v) is 13.3. The Hall–Kier alpha value is -2.01. The van der Waals surface area contributed by atoms with Crippen LogP contribution >= 0.6 is 11.3 Å². The molecular weight excluding hydrogens is 308 g/mol. The Morgan fingerprint density at radius 1 is 1.04 bits per heavy atom. The minimum absolute atomic E-state index is 0.0195. The summed E-state index contributed by atoms with van der Waals surface area (Å²) >= 11 is 1.36. The highest BCUT2D eigenvalue weighted by atomic mass is 32.1. The number of anilines is 1. The first-order valence-corrected chi connectivity index (χ1v) is 8.96. The molecule has 4 nitrogen and oxygen atoms in total. The van der Waals surface area contributed by atoms with Crippen LogP contribution < -0.4 is 4.90 Å². The molecule has 2 bridgehead atoms. The Bertz CT molecular complexity index is 774. The van der Waals surface area contributed by atoms with E-state index in [2.05, 4.69) is 29.2 Å². The molecule has 2 amide bonds. The highest BCUT2D eigenvalue weighted by molar-refractivity contribution is 7.14. The second-order valence-corrected chi connectivity index (χ2v) is 7.66. The quantitative estimate of drug-likeness (QED) is 0.798. The number of amides is 2. The maximum absolute atomic E-state index is 12.9. The highest BCUT2D eigenvalue weighted by Gasteiger charge is 2.64. The molecule has 5 rings (SSSR count). The maximum Gasteiger partial charge on any atom is 0.239 e. The summed E-state index contributed by atoms with van der Waals surface area (Å²) < 4.78 is 0. The number of benzene rings is 1. The molecule has 116 valence electrons. The fourth-order valence-corrected chi connectivity index (χ4v) is 5.71. The number of fused-ring (bicyclic) bond motifs is 5. The molecule has 0 N–H and O–H groups in total. The molecule has 1 saturated heterocycles. The van der Waals surface area contributed by atoms with Crippen LogP contribution in [0.25, 0.3) is 0 Å². The van der Waals surface area contributed by atoms with Crippen molar-refractivity contribution in [2.45, 2.75) is 18.8 Å². The molecule has 23 heavy (non-hydrogen) atoms. The van der Waals surface area contributed by atoms with E-state index >= 15 is 0 Å². The zero-order chi connectivity index (χ0) is 15.6. The van der Waals surface area contributed by atoms with Crippen LogP contribution in [0.15, 0.2) is 41.9 Å². The Morgan fingerprint density at radius 2 is 1.83 bits per heavy atom. The first-order chi connectivity index (χ1) is 11.3. The van der Waals surface area contributed by atoms with E-state index in [9.17, 15) is 9.59 Å². The predicted molar refractivity (Wildman–Crippen MR) is 87.0 cm³/mol. The Morgan fingerprint density at radius 3 is 2.57 bits per heavy atom. The summed E-state index contributed by atoms with van der Waals surface area (Å²) in [5, 5.41) is 2.34. The SMILES string of the molecule is O=C1[C@@H]2[C@@H]3C[C@@H]([C@H]2C(=O)N1c1nccs1)[C@H](c1ccccc1)C3. The van der Waals surface area contributed by atoms with Crippen LogP contribution in [0.2, 0.25) is 0 Å². The maximum atomic E-state index is 12.9. The number of carbonyl (C=O) groups excluding carboxylic acids is 2. The minimum Gasteiger partial charge on any atom is -0.274 e. The number of nitrogens with zero attached hydrogens (tertiary/aromatic N) is 2. The molecular formula is C18H16N2O2S. The smallest absolute Gasteiger partial charge is 0.239 e. The Balaban J connectivity index is 1.51. The van der Waals surface area contributed by atoms with Crippen LogP contribution in [0.4, 0.5) is 5.13 Å². The van der Waals surface area contributed by atoms with Crippen molar-refractivity contribution in [2.75, 3.05) is 4.90 Å². The third kappa shape index (κ3) is 1.74. The molecule has 2 aliphatic carbocycles. The lowest BCUT2D eigenvalue weighted by Gasteiger charge is -2.28. The Labute approximate surface area is 138 Å². The van der Waals surface area contributed by atoms with E-state index in [-0.39, 0.29) is 23.7 Å². The van der Waals surface area contributed by atoms with Crippen molar-refractivity contribution in [3.8, 4) is 0 Å². The van der Waals surface area contributed by atoms with Gasteiger partial charge in [0.25, 0.3) is 0 Å². The van der Waals surface area contributed by atoms with Gasteiger partial charge in [0.15, 0.2) is 5.13 Å². The van der Waals surface area contributed by atoms with Gasteiger partial charge < -0.3 is 0 Å². The van der Waals surface area contributed by atoms with E-state index in [1.54, 1.807) is 6.20 Å². The van der Waals surface area contributed by atoms with Gasteiger partial charge in [-0.1, -0.05) is 30.3 Å². The molecule has 3 aliphatic rings. The van der Waals surface area contributed by atoms with Crippen molar-refractivity contribution in [3.63, 3.8) is 0 Å². The van der Waals surface area contributed by atoms with Crippen molar-refractivity contribution >= 4 is 28.3 Å². The Kier molecular flexibility index (Phi) is 2.77. The molecule has 1 aromatic heterocycles. The fraction of sp³-hybridized carbons (Fsp3) is 0.389. The largest absolute Gasteiger partial charge is 0.274 e. The molecule has 1 aliphatic heterocycles. The first-order valence-electron chi connectivity index (χ1n) is 8.08. The van der Waals surface area contributed by atoms with E-state index in [4.69, 9.17) is 0 Å². The third-order valence-corrected chi connectivity index (χ3v) is 6.61. The number of carbonyl (C=O) groups is 2. The molecule has 2 saturated carbocycles. The van der Waals surface area contributed by atoms with Gasteiger partial charge in [0.2, 0.25) is 11.8 Å². The van der Waals surface area contributed by atoms with E-state index in [0.717, 1.165) is 12.8 Å². The van der Waals surface area contributed by atoms with Crippen molar-refractivity contribution < 1.29 is 9.59 Å².